The van der Waals surface area contributed by atoms with Gasteiger partial charge in [0, 0.05) is 32.1 Å². The number of imidazole rings is 1. The third-order valence-corrected chi connectivity index (χ3v) is 5.14. The van der Waals surface area contributed by atoms with E-state index in [0.717, 1.165) is 61.2 Å². The molecule has 1 aromatic carbocycles. The molecule has 2 N–H and O–H groups in total. The van der Waals surface area contributed by atoms with Crippen LogP contribution in [-0.4, -0.2) is 52.7 Å². The van der Waals surface area contributed by atoms with Gasteiger partial charge in [-0.05, 0) is 24.1 Å². The molecular formula is C20H22N6O. The van der Waals surface area contributed by atoms with E-state index in [2.05, 4.69) is 31.2 Å². The van der Waals surface area contributed by atoms with Gasteiger partial charge in [-0.3, -0.25) is 0 Å². The predicted octanol–water partition coefficient (Wildman–Crippen LogP) is 2.26. The Morgan fingerprint density at radius 1 is 1.11 bits per heavy atom. The van der Waals surface area contributed by atoms with Gasteiger partial charge in [0.25, 0.3) is 0 Å². The van der Waals surface area contributed by atoms with Gasteiger partial charge in [0.1, 0.15) is 30.0 Å². The van der Waals surface area contributed by atoms with Gasteiger partial charge in [-0.1, -0.05) is 24.3 Å². The number of anilines is 1. The van der Waals surface area contributed by atoms with E-state index in [9.17, 15) is 0 Å². The number of rotatable bonds is 5. The SMILES string of the molecule is C1=C(COc2ccccc2)CC1c1nc2ncnc(N3CCNCC3)c2[nH]1. The Hall–Kier alpha value is -2.93. The molecule has 138 valence electrons. The van der Waals surface area contributed by atoms with E-state index in [4.69, 9.17) is 9.72 Å². The Morgan fingerprint density at radius 3 is 2.74 bits per heavy atom. The largest absolute Gasteiger partial charge is 0.489 e. The highest BCUT2D eigenvalue weighted by Crippen LogP contribution is 2.35. The minimum absolute atomic E-state index is 0.296. The molecule has 2 aromatic heterocycles. The molecule has 1 unspecified atom stereocenters. The van der Waals surface area contributed by atoms with Gasteiger partial charge in [-0.2, -0.15) is 0 Å². The predicted molar refractivity (Wildman–Crippen MR) is 104 cm³/mol. The molecule has 7 heteroatoms. The lowest BCUT2D eigenvalue weighted by Crippen LogP contribution is -2.44. The van der Waals surface area contributed by atoms with Crippen LogP contribution in [0.3, 0.4) is 0 Å². The molecule has 1 atom stereocenters. The van der Waals surface area contributed by atoms with Crippen LogP contribution in [0, 0.1) is 0 Å². The van der Waals surface area contributed by atoms with Crippen LogP contribution in [0.2, 0.25) is 0 Å². The van der Waals surface area contributed by atoms with Crippen molar-refractivity contribution < 1.29 is 4.74 Å². The summed E-state index contributed by atoms with van der Waals surface area (Å²) in [5.74, 6) is 3.12. The first-order valence-electron chi connectivity index (χ1n) is 9.40. The zero-order chi connectivity index (χ0) is 18.1. The van der Waals surface area contributed by atoms with Gasteiger partial charge in [-0.15, -0.1) is 0 Å². The summed E-state index contributed by atoms with van der Waals surface area (Å²) in [7, 11) is 0. The maximum Gasteiger partial charge on any atom is 0.183 e. The Morgan fingerprint density at radius 2 is 1.93 bits per heavy atom. The minimum Gasteiger partial charge on any atom is -0.489 e. The quantitative estimate of drug-likeness (QED) is 0.678. The molecule has 2 aliphatic rings. The van der Waals surface area contributed by atoms with E-state index < -0.39 is 0 Å². The third-order valence-electron chi connectivity index (χ3n) is 5.14. The Kier molecular flexibility index (Phi) is 4.21. The van der Waals surface area contributed by atoms with E-state index in [1.165, 1.54) is 5.57 Å². The second-order valence-electron chi connectivity index (χ2n) is 6.99. The van der Waals surface area contributed by atoms with Crippen LogP contribution in [0.25, 0.3) is 11.2 Å². The van der Waals surface area contributed by atoms with Gasteiger partial charge in [-0.25, -0.2) is 15.0 Å². The molecule has 0 spiro atoms. The Labute approximate surface area is 157 Å². The number of aromatic amines is 1. The number of hydrogen-bond acceptors (Lipinski definition) is 6. The lowest BCUT2D eigenvalue weighted by molar-refractivity contribution is 0.338. The zero-order valence-corrected chi connectivity index (χ0v) is 15.1. The van der Waals surface area contributed by atoms with Crippen LogP contribution in [0.5, 0.6) is 5.75 Å². The van der Waals surface area contributed by atoms with Crippen molar-refractivity contribution in [2.75, 3.05) is 37.7 Å². The second-order valence-corrected chi connectivity index (χ2v) is 6.99. The summed E-state index contributed by atoms with van der Waals surface area (Å²) >= 11 is 0. The fourth-order valence-corrected chi connectivity index (χ4v) is 3.63. The third kappa shape index (κ3) is 3.26. The average molecular weight is 362 g/mol. The van der Waals surface area contributed by atoms with Crippen molar-refractivity contribution >= 4 is 17.0 Å². The standard InChI is InChI=1S/C20H22N6O/c1-2-4-16(5-3-1)27-12-14-10-15(11-14)18-24-17-19(25-18)22-13-23-20(17)26-8-6-21-7-9-26/h1-5,10,13,15,21H,6-9,11-12H2,(H,22,23,24,25). The number of piperazine rings is 1. The summed E-state index contributed by atoms with van der Waals surface area (Å²) in [6.07, 6.45) is 4.81. The molecule has 3 heterocycles. The molecule has 5 rings (SSSR count). The number of ether oxygens (including phenoxy) is 1. The van der Waals surface area contributed by atoms with E-state index in [-0.39, 0.29) is 0 Å². The van der Waals surface area contributed by atoms with Crippen molar-refractivity contribution in [1.29, 1.82) is 0 Å². The monoisotopic (exact) mass is 362 g/mol. The first-order valence-corrected chi connectivity index (χ1v) is 9.40. The minimum atomic E-state index is 0.296. The summed E-state index contributed by atoms with van der Waals surface area (Å²) in [6.45, 7) is 4.48. The number of para-hydroxylation sites is 1. The number of H-pyrrole nitrogens is 1. The van der Waals surface area contributed by atoms with Crippen LogP contribution < -0.4 is 15.0 Å². The molecule has 0 bridgehead atoms. The van der Waals surface area contributed by atoms with Crippen molar-refractivity contribution in [1.82, 2.24) is 25.3 Å². The molecule has 3 aromatic rings. The average Bonchev–Trinajstić information content (AvgIpc) is 3.12. The van der Waals surface area contributed by atoms with Gasteiger partial charge in [0.05, 0.1) is 0 Å². The summed E-state index contributed by atoms with van der Waals surface area (Å²) in [6, 6.07) is 9.92. The Balaban J connectivity index is 1.31. The zero-order valence-electron chi connectivity index (χ0n) is 15.1. The molecule has 0 radical (unpaired) electrons. The Bertz CT molecular complexity index is 961. The van der Waals surface area contributed by atoms with Crippen LogP contribution in [-0.2, 0) is 0 Å². The summed E-state index contributed by atoms with van der Waals surface area (Å²) in [4.78, 5) is 19.3. The van der Waals surface area contributed by atoms with E-state index in [1.807, 2.05) is 30.3 Å². The van der Waals surface area contributed by atoms with Gasteiger partial charge in [0.15, 0.2) is 11.5 Å². The highest BCUT2D eigenvalue weighted by atomic mass is 16.5. The van der Waals surface area contributed by atoms with Gasteiger partial charge < -0.3 is 19.9 Å². The molecular weight excluding hydrogens is 340 g/mol. The van der Waals surface area contributed by atoms with Crippen LogP contribution in [0.4, 0.5) is 5.82 Å². The second kappa shape index (κ2) is 7.00. The smallest absolute Gasteiger partial charge is 0.183 e. The van der Waals surface area contributed by atoms with Crippen molar-refractivity contribution in [3.05, 3.63) is 54.1 Å². The summed E-state index contributed by atoms with van der Waals surface area (Å²) < 4.78 is 5.82. The maximum atomic E-state index is 5.82. The molecule has 27 heavy (non-hydrogen) atoms. The molecule has 1 aliphatic carbocycles. The highest BCUT2D eigenvalue weighted by Gasteiger charge is 2.26. The molecule has 1 fully saturated rings. The summed E-state index contributed by atoms with van der Waals surface area (Å²) in [5.41, 5.74) is 2.99. The number of nitrogens with one attached hydrogen (secondary N) is 2. The van der Waals surface area contributed by atoms with Crippen LogP contribution in [0.15, 0.2) is 48.3 Å². The number of fused-ring (bicyclic) bond motifs is 1. The fourth-order valence-electron chi connectivity index (χ4n) is 3.63. The van der Waals surface area contributed by atoms with Crippen LogP contribution >= 0.6 is 0 Å². The van der Waals surface area contributed by atoms with Crippen molar-refractivity contribution in [2.45, 2.75) is 12.3 Å². The van der Waals surface area contributed by atoms with Crippen molar-refractivity contribution in [3.63, 3.8) is 0 Å². The van der Waals surface area contributed by atoms with Gasteiger partial charge in [0.2, 0.25) is 0 Å². The first-order chi connectivity index (χ1) is 13.4. The fraction of sp³-hybridized carbons (Fsp3) is 0.350. The molecule has 1 saturated heterocycles. The molecule has 0 saturated carbocycles. The highest BCUT2D eigenvalue weighted by molar-refractivity contribution is 5.83. The number of benzene rings is 1. The number of nitrogens with zero attached hydrogens (tertiary/aromatic N) is 4. The molecule has 1 aliphatic heterocycles. The molecule has 0 amide bonds. The lowest BCUT2D eigenvalue weighted by Gasteiger charge is -2.28. The number of hydrogen-bond donors (Lipinski definition) is 2. The van der Waals surface area contributed by atoms with Crippen LogP contribution in [0.1, 0.15) is 18.2 Å². The topological polar surface area (TPSA) is 79.0 Å². The van der Waals surface area contributed by atoms with E-state index >= 15 is 0 Å². The maximum absolute atomic E-state index is 5.82. The van der Waals surface area contributed by atoms with Gasteiger partial charge >= 0.3 is 0 Å². The van der Waals surface area contributed by atoms with E-state index in [1.54, 1.807) is 6.33 Å². The molecule has 7 nitrogen and oxygen atoms in total. The summed E-state index contributed by atoms with van der Waals surface area (Å²) in [5, 5.41) is 3.37. The lowest BCUT2D eigenvalue weighted by atomic mass is 9.86. The van der Waals surface area contributed by atoms with Crippen molar-refractivity contribution in [2.24, 2.45) is 0 Å². The number of allylic oxidation sites excluding steroid dienone is 1. The first kappa shape index (κ1) is 16.3. The number of aromatic nitrogens is 4. The van der Waals surface area contributed by atoms with E-state index in [0.29, 0.717) is 12.5 Å². The normalized spacial score (nSPS) is 19.6. The van der Waals surface area contributed by atoms with Crippen molar-refractivity contribution in [3.8, 4) is 5.75 Å².